The van der Waals surface area contributed by atoms with Crippen LogP contribution in [-0.4, -0.2) is 42.4 Å². The van der Waals surface area contributed by atoms with Crippen LogP contribution in [0.1, 0.15) is 22.3 Å². The Labute approximate surface area is 199 Å². The number of para-hydroxylation sites is 1. The number of hydrogen-bond acceptors (Lipinski definition) is 6. The molecule has 0 saturated heterocycles. The van der Waals surface area contributed by atoms with Crippen LogP contribution in [0.5, 0.6) is 5.75 Å². The van der Waals surface area contributed by atoms with E-state index >= 15 is 0 Å². The van der Waals surface area contributed by atoms with Gasteiger partial charge in [0.1, 0.15) is 17.9 Å². The molecule has 0 aliphatic carbocycles. The molecule has 0 aliphatic heterocycles. The van der Waals surface area contributed by atoms with E-state index in [0.717, 1.165) is 0 Å². The van der Waals surface area contributed by atoms with Gasteiger partial charge < -0.3 is 10.1 Å². The van der Waals surface area contributed by atoms with Crippen molar-refractivity contribution in [2.75, 3.05) is 18.6 Å². The summed E-state index contributed by atoms with van der Waals surface area (Å²) in [5, 5.41) is 12.2. The number of hydrogen-bond donors (Lipinski definition) is 3. The van der Waals surface area contributed by atoms with Crippen LogP contribution in [0.15, 0.2) is 42.5 Å². The molecule has 2 aromatic carbocycles. The van der Waals surface area contributed by atoms with Crippen molar-refractivity contribution in [2.24, 2.45) is 0 Å². The maximum atomic E-state index is 12.6. The van der Waals surface area contributed by atoms with Crippen LogP contribution in [0.2, 0.25) is 10.0 Å². The fourth-order valence-corrected chi connectivity index (χ4v) is 3.46. The maximum absolute atomic E-state index is 12.6. The quantitative estimate of drug-likeness (QED) is 0.460. The van der Waals surface area contributed by atoms with Gasteiger partial charge in [0.25, 0.3) is 17.7 Å². The number of nitrogens with zero attached hydrogens (tertiary/aromatic N) is 1. The van der Waals surface area contributed by atoms with Crippen LogP contribution >= 0.6 is 35.0 Å². The minimum absolute atomic E-state index is 0.155. The van der Waals surface area contributed by atoms with E-state index in [1.165, 1.54) is 30.0 Å². The predicted octanol–water partition coefficient (Wildman–Crippen LogP) is 2.94. The SMILES string of the molecule is CSCCC(NC(=O)c1ccc(Cl)cc1Cl)C(=O)NNC(=O)COc1ccccc1C#N. The molecular formula is C21H20Cl2N4O4S. The Hall–Kier alpha value is -2.93. The molecule has 3 N–H and O–H groups in total. The number of halogens is 2. The molecule has 0 radical (unpaired) electrons. The molecule has 8 nitrogen and oxygen atoms in total. The van der Waals surface area contributed by atoms with Crippen LogP contribution in [0, 0.1) is 11.3 Å². The van der Waals surface area contributed by atoms with Gasteiger partial charge in [0.2, 0.25) is 0 Å². The molecule has 0 heterocycles. The Balaban J connectivity index is 1.93. The molecule has 0 spiro atoms. The molecule has 0 aliphatic rings. The highest BCUT2D eigenvalue weighted by atomic mass is 35.5. The van der Waals surface area contributed by atoms with Gasteiger partial charge in [-0.3, -0.25) is 25.2 Å². The van der Waals surface area contributed by atoms with Crippen molar-refractivity contribution in [1.29, 1.82) is 5.26 Å². The molecule has 0 aromatic heterocycles. The van der Waals surface area contributed by atoms with Crippen LogP contribution in [0.4, 0.5) is 0 Å². The van der Waals surface area contributed by atoms with Crippen molar-refractivity contribution in [3.63, 3.8) is 0 Å². The van der Waals surface area contributed by atoms with Crippen molar-refractivity contribution < 1.29 is 19.1 Å². The zero-order valence-electron chi connectivity index (χ0n) is 17.0. The van der Waals surface area contributed by atoms with E-state index in [4.69, 9.17) is 33.2 Å². The van der Waals surface area contributed by atoms with E-state index in [1.807, 2.05) is 12.3 Å². The van der Waals surface area contributed by atoms with Crippen molar-refractivity contribution in [3.05, 3.63) is 63.6 Å². The lowest BCUT2D eigenvalue weighted by Gasteiger charge is -2.19. The topological polar surface area (TPSA) is 120 Å². The second-order valence-corrected chi connectivity index (χ2v) is 8.19. The average Bonchev–Trinajstić information content (AvgIpc) is 2.78. The fraction of sp³-hybridized carbons (Fsp3) is 0.238. The molecule has 168 valence electrons. The molecule has 1 atom stereocenters. The third kappa shape index (κ3) is 7.64. The number of amides is 3. The van der Waals surface area contributed by atoms with Gasteiger partial charge in [-0.05, 0) is 48.8 Å². The summed E-state index contributed by atoms with van der Waals surface area (Å²) in [6.07, 6.45) is 2.19. The summed E-state index contributed by atoms with van der Waals surface area (Å²) in [7, 11) is 0. The van der Waals surface area contributed by atoms with Gasteiger partial charge in [0, 0.05) is 5.02 Å². The number of nitriles is 1. The molecule has 32 heavy (non-hydrogen) atoms. The van der Waals surface area contributed by atoms with Gasteiger partial charge in [0.15, 0.2) is 6.61 Å². The standard InChI is InChI=1S/C21H20Cl2N4O4S/c1-32-9-8-17(25-20(29)15-7-6-14(22)10-16(15)23)21(30)27-26-19(28)12-31-18-5-3-2-4-13(18)11-24/h2-7,10,17H,8-9,12H2,1H3,(H,25,29)(H,26,28)(H,27,30). The summed E-state index contributed by atoms with van der Waals surface area (Å²) >= 11 is 13.4. The normalized spacial score (nSPS) is 11.1. The minimum Gasteiger partial charge on any atom is -0.482 e. The first kappa shape index (κ1) is 25.3. The van der Waals surface area contributed by atoms with E-state index in [1.54, 1.807) is 24.3 Å². The van der Waals surface area contributed by atoms with Gasteiger partial charge in [-0.2, -0.15) is 17.0 Å². The van der Waals surface area contributed by atoms with Gasteiger partial charge in [0.05, 0.1) is 16.1 Å². The molecule has 3 amide bonds. The predicted molar refractivity (Wildman–Crippen MR) is 124 cm³/mol. The zero-order valence-corrected chi connectivity index (χ0v) is 19.3. The van der Waals surface area contributed by atoms with Crippen LogP contribution < -0.4 is 20.9 Å². The van der Waals surface area contributed by atoms with Crippen molar-refractivity contribution in [3.8, 4) is 11.8 Å². The third-order valence-corrected chi connectivity index (χ3v) is 5.29. The lowest BCUT2D eigenvalue weighted by Crippen LogP contribution is -2.53. The molecule has 0 fully saturated rings. The van der Waals surface area contributed by atoms with Gasteiger partial charge in [-0.15, -0.1) is 0 Å². The van der Waals surface area contributed by atoms with Crippen LogP contribution in [-0.2, 0) is 9.59 Å². The lowest BCUT2D eigenvalue weighted by molar-refractivity contribution is -0.130. The summed E-state index contributed by atoms with van der Waals surface area (Å²) in [5.74, 6) is -0.948. The Kier molecular flexibility index (Phi) is 10.1. The van der Waals surface area contributed by atoms with Gasteiger partial charge >= 0.3 is 0 Å². The summed E-state index contributed by atoms with van der Waals surface area (Å²) in [6.45, 7) is -0.415. The molecule has 2 rings (SSSR count). The number of ether oxygens (including phenoxy) is 1. The zero-order chi connectivity index (χ0) is 23.5. The van der Waals surface area contributed by atoms with Crippen molar-refractivity contribution >= 4 is 52.7 Å². The smallest absolute Gasteiger partial charge is 0.276 e. The number of hydrazine groups is 1. The Morgan fingerprint density at radius 1 is 1.16 bits per heavy atom. The molecular weight excluding hydrogens is 475 g/mol. The number of thioether (sulfide) groups is 1. The van der Waals surface area contributed by atoms with E-state index in [-0.39, 0.29) is 21.9 Å². The lowest BCUT2D eigenvalue weighted by atomic mass is 10.1. The van der Waals surface area contributed by atoms with Crippen molar-refractivity contribution in [1.82, 2.24) is 16.2 Å². The highest BCUT2D eigenvalue weighted by Crippen LogP contribution is 2.21. The monoisotopic (exact) mass is 494 g/mol. The molecule has 0 saturated carbocycles. The number of rotatable bonds is 9. The highest BCUT2D eigenvalue weighted by Gasteiger charge is 2.23. The Bertz CT molecular complexity index is 1030. The summed E-state index contributed by atoms with van der Waals surface area (Å²) in [5.41, 5.74) is 4.96. The Morgan fingerprint density at radius 2 is 1.91 bits per heavy atom. The number of carbonyl (C=O) groups is 3. The van der Waals surface area contributed by atoms with E-state index < -0.39 is 30.4 Å². The van der Waals surface area contributed by atoms with Gasteiger partial charge in [-0.25, -0.2) is 0 Å². The fourth-order valence-electron chi connectivity index (χ4n) is 2.50. The number of nitrogens with one attached hydrogen (secondary N) is 3. The molecule has 11 heteroatoms. The number of carbonyl (C=O) groups excluding carboxylic acids is 3. The molecule has 0 bridgehead atoms. The van der Waals surface area contributed by atoms with Crippen LogP contribution in [0.3, 0.4) is 0 Å². The average molecular weight is 495 g/mol. The largest absolute Gasteiger partial charge is 0.482 e. The van der Waals surface area contributed by atoms with Crippen molar-refractivity contribution in [2.45, 2.75) is 12.5 Å². The highest BCUT2D eigenvalue weighted by molar-refractivity contribution is 7.98. The first-order valence-corrected chi connectivity index (χ1v) is 11.5. The minimum atomic E-state index is -0.915. The molecule has 2 aromatic rings. The second-order valence-electron chi connectivity index (χ2n) is 6.37. The first-order chi connectivity index (χ1) is 15.3. The van der Waals surface area contributed by atoms with E-state index in [2.05, 4.69) is 16.2 Å². The Morgan fingerprint density at radius 3 is 2.59 bits per heavy atom. The summed E-state index contributed by atoms with van der Waals surface area (Å²) < 4.78 is 5.31. The van der Waals surface area contributed by atoms with E-state index in [0.29, 0.717) is 17.2 Å². The molecule has 1 unspecified atom stereocenters. The van der Waals surface area contributed by atoms with E-state index in [9.17, 15) is 14.4 Å². The maximum Gasteiger partial charge on any atom is 0.276 e. The summed E-state index contributed by atoms with van der Waals surface area (Å²) in [6, 6.07) is 11.9. The van der Waals surface area contributed by atoms with Gasteiger partial charge in [-0.1, -0.05) is 35.3 Å². The van der Waals surface area contributed by atoms with Crippen LogP contribution in [0.25, 0.3) is 0 Å². The third-order valence-electron chi connectivity index (χ3n) is 4.10. The summed E-state index contributed by atoms with van der Waals surface area (Å²) in [4.78, 5) is 37.1. The first-order valence-electron chi connectivity index (χ1n) is 9.31. The second kappa shape index (κ2) is 12.8. The number of benzene rings is 2.